The molecule has 1 saturated heterocycles. The van der Waals surface area contributed by atoms with Crippen LogP contribution in [0.5, 0.6) is 5.75 Å². The van der Waals surface area contributed by atoms with Crippen LogP contribution in [0.1, 0.15) is 6.92 Å². The molecule has 25 heavy (non-hydrogen) atoms. The number of aliphatic hydroxyl groups is 3. The van der Waals surface area contributed by atoms with Gasteiger partial charge in [0, 0.05) is 12.3 Å². The third kappa shape index (κ3) is 3.59. The van der Waals surface area contributed by atoms with Gasteiger partial charge in [-0.25, -0.2) is 0 Å². The Morgan fingerprint density at radius 3 is 2.60 bits per heavy atom. The number of hydrogen-bond acceptors (Lipinski definition) is 6. The van der Waals surface area contributed by atoms with Crippen molar-refractivity contribution in [1.29, 1.82) is 0 Å². The van der Waals surface area contributed by atoms with Crippen molar-refractivity contribution in [2.45, 2.75) is 37.6 Å². The smallest absolute Gasteiger partial charge is 0.223 e. The molecule has 134 valence electrons. The number of aliphatic hydroxyl groups excluding tert-OH is 3. The first kappa shape index (κ1) is 17.6. The van der Waals surface area contributed by atoms with Crippen molar-refractivity contribution < 1.29 is 29.6 Å². The SMILES string of the molecule is CC(=O)N[C@@H]1[C@H](Oc2cccc3ccccc23)O[C@H](CO)[C@H](O)[C@@H]1O. The topological polar surface area (TPSA) is 108 Å². The number of ether oxygens (including phenoxy) is 2. The van der Waals surface area contributed by atoms with Crippen LogP contribution in [0.2, 0.25) is 0 Å². The van der Waals surface area contributed by atoms with Crippen LogP contribution in [-0.4, -0.2) is 58.5 Å². The summed E-state index contributed by atoms with van der Waals surface area (Å²) in [6, 6.07) is 12.1. The zero-order valence-electron chi connectivity index (χ0n) is 13.7. The summed E-state index contributed by atoms with van der Waals surface area (Å²) in [5.74, 6) is 0.118. The second kappa shape index (κ2) is 7.37. The summed E-state index contributed by atoms with van der Waals surface area (Å²) in [5, 5.41) is 34.1. The average Bonchev–Trinajstić information content (AvgIpc) is 2.61. The van der Waals surface area contributed by atoms with Gasteiger partial charge >= 0.3 is 0 Å². The number of benzene rings is 2. The molecule has 1 aliphatic rings. The number of carbonyl (C=O) groups excluding carboxylic acids is 1. The highest BCUT2D eigenvalue weighted by molar-refractivity contribution is 5.88. The number of carbonyl (C=O) groups is 1. The molecule has 0 radical (unpaired) electrons. The summed E-state index contributed by atoms with van der Waals surface area (Å²) in [4.78, 5) is 11.5. The number of nitrogens with one attached hydrogen (secondary N) is 1. The van der Waals surface area contributed by atoms with Crippen molar-refractivity contribution in [3.8, 4) is 5.75 Å². The van der Waals surface area contributed by atoms with Crippen LogP contribution in [-0.2, 0) is 9.53 Å². The van der Waals surface area contributed by atoms with E-state index in [0.717, 1.165) is 10.8 Å². The Balaban J connectivity index is 1.92. The molecular formula is C18H21NO6. The van der Waals surface area contributed by atoms with E-state index in [-0.39, 0.29) is 0 Å². The van der Waals surface area contributed by atoms with Crippen LogP contribution < -0.4 is 10.1 Å². The van der Waals surface area contributed by atoms with E-state index < -0.39 is 43.2 Å². The van der Waals surface area contributed by atoms with E-state index in [4.69, 9.17) is 9.47 Å². The molecule has 1 amide bonds. The highest BCUT2D eigenvalue weighted by Crippen LogP contribution is 2.29. The summed E-state index contributed by atoms with van der Waals surface area (Å²) >= 11 is 0. The Kier molecular flexibility index (Phi) is 5.19. The van der Waals surface area contributed by atoms with Crippen molar-refractivity contribution >= 4 is 16.7 Å². The molecule has 0 spiro atoms. The minimum Gasteiger partial charge on any atom is -0.462 e. The average molecular weight is 347 g/mol. The van der Waals surface area contributed by atoms with Crippen molar-refractivity contribution in [3.05, 3.63) is 42.5 Å². The monoisotopic (exact) mass is 347 g/mol. The normalized spacial score (nSPS) is 29.4. The van der Waals surface area contributed by atoms with Gasteiger partial charge in [0.1, 0.15) is 30.1 Å². The Morgan fingerprint density at radius 2 is 1.88 bits per heavy atom. The molecule has 0 bridgehead atoms. The molecule has 3 rings (SSSR count). The summed E-state index contributed by atoms with van der Waals surface area (Å²) in [5.41, 5.74) is 0. The van der Waals surface area contributed by atoms with Gasteiger partial charge < -0.3 is 30.1 Å². The molecule has 0 unspecified atom stereocenters. The van der Waals surface area contributed by atoms with Crippen LogP contribution in [0, 0.1) is 0 Å². The Bertz CT molecular complexity index is 746. The van der Waals surface area contributed by atoms with Crippen molar-refractivity contribution in [2.24, 2.45) is 0 Å². The first-order chi connectivity index (χ1) is 12.0. The highest BCUT2D eigenvalue weighted by atomic mass is 16.7. The molecule has 2 aromatic rings. The van der Waals surface area contributed by atoms with Gasteiger partial charge in [-0.1, -0.05) is 36.4 Å². The summed E-state index contributed by atoms with van der Waals surface area (Å²) in [6.07, 6.45) is -4.76. The number of amides is 1. The third-order valence-corrected chi connectivity index (χ3v) is 4.24. The van der Waals surface area contributed by atoms with Gasteiger partial charge in [-0.05, 0) is 11.5 Å². The standard InChI is InChI=1S/C18H21NO6/c1-10(21)19-15-17(23)16(22)14(9-20)25-18(15)24-13-8-4-6-11-5-2-3-7-12(11)13/h2-8,14-18,20,22-23H,9H2,1H3,(H,19,21)/t14-,15+,16+,17-,18-/m1/s1. The highest BCUT2D eigenvalue weighted by Gasteiger charge is 2.46. The largest absolute Gasteiger partial charge is 0.462 e. The van der Waals surface area contributed by atoms with Crippen molar-refractivity contribution in [2.75, 3.05) is 6.61 Å². The Morgan fingerprint density at radius 1 is 1.16 bits per heavy atom. The van der Waals surface area contributed by atoms with Crippen LogP contribution >= 0.6 is 0 Å². The minimum atomic E-state index is -1.34. The van der Waals surface area contributed by atoms with E-state index >= 15 is 0 Å². The lowest BCUT2D eigenvalue weighted by molar-refractivity contribution is -0.244. The summed E-state index contributed by atoms with van der Waals surface area (Å²) in [6.45, 7) is 0.812. The molecule has 1 aliphatic heterocycles. The summed E-state index contributed by atoms with van der Waals surface area (Å²) in [7, 11) is 0. The van der Waals surface area contributed by atoms with Crippen LogP contribution in [0.3, 0.4) is 0 Å². The molecular weight excluding hydrogens is 326 g/mol. The maximum absolute atomic E-state index is 11.5. The van der Waals surface area contributed by atoms with Gasteiger partial charge in [0.25, 0.3) is 0 Å². The molecule has 2 aromatic carbocycles. The van der Waals surface area contributed by atoms with Gasteiger partial charge in [-0.3, -0.25) is 4.79 Å². The van der Waals surface area contributed by atoms with Crippen LogP contribution in [0.25, 0.3) is 10.8 Å². The van der Waals surface area contributed by atoms with E-state index in [9.17, 15) is 20.1 Å². The fourth-order valence-electron chi connectivity index (χ4n) is 2.99. The summed E-state index contributed by atoms with van der Waals surface area (Å²) < 4.78 is 11.5. The first-order valence-electron chi connectivity index (χ1n) is 8.05. The zero-order valence-corrected chi connectivity index (χ0v) is 13.7. The second-order valence-corrected chi connectivity index (χ2v) is 6.03. The molecule has 0 aliphatic carbocycles. The second-order valence-electron chi connectivity index (χ2n) is 6.03. The molecule has 1 fully saturated rings. The molecule has 1 heterocycles. The molecule has 5 atom stereocenters. The molecule has 0 aromatic heterocycles. The van der Waals surface area contributed by atoms with Crippen LogP contribution in [0.4, 0.5) is 0 Å². The van der Waals surface area contributed by atoms with E-state index in [1.165, 1.54) is 6.92 Å². The van der Waals surface area contributed by atoms with E-state index in [1.54, 1.807) is 6.07 Å². The Labute approximate surface area is 144 Å². The van der Waals surface area contributed by atoms with Gasteiger partial charge in [-0.2, -0.15) is 0 Å². The number of hydrogen-bond donors (Lipinski definition) is 4. The molecule has 7 nitrogen and oxygen atoms in total. The van der Waals surface area contributed by atoms with E-state index in [2.05, 4.69) is 5.32 Å². The molecule has 4 N–H and O–H groups in total. The zero-order chi connectivity index (χ0) is 18.0. The van der Waals surface area contributed by atoms with Gasteiger partial charge in [-0.15, -0.1) is 0 Å². The lowest BCUT2D eigenvalue weighted by Crippen LogP contribution is -2.65. The quantitative estimate of drug-likeness (QED) is 0.628. The van der Waals surface area contributed by atoms with E-state index in [1.807, 2.05) is 36.4 Å². The molecule has 7 heteroatoms. The maximum atomic E-state index is 11.5. The Hall–Kier alpha value is -2.19. The van der Waals surface area contributed by atoms with Crippen LogP contribution in [0.15, 0.2) is 42.5 Å². The lowest BCUT2D eigenvalue weighted by Gasteiger charge is -2.42. The fraction of sp³-hybridized carbons (Fsp3) is 0.389. The van der Waals surface area contributed by atoms with Crippen molar-refractivity contribution in [3.63, 3.8) is 0 Å². The number of fused-ring (bicyclic) bond motifs is 1. The predicted molar refractivity (Wildman–Crippen MR) is 89.9 cm³/mol. The third-order valence-electron chi connectivity index (χ3n) is 4.24. The minimum absolute atomic E-state index is 0.395. The van der Waals surface area contributed by atoms with Gasteiger partial charge in [0.05, 0.1) is 6.61 Å². The first-order valence-corrected chi connectivity index (χ1v) is 8.05. The van der Waals surface area contributed by atoms with E-state index in [0.29, 0.717) is 5.75 Å². The lowest BCUT2D eigenvalue weighted by atomic mass is 9.97. The fourth-order valence-corrected chi connectivity index (χ4v) is 2.99. The van der Waals surface area contributed by atoms with Gasteiger partial charge in [0.2, 0.25) is 12.2 Å². The number of rotatable bonds is 4. The maximum Gasteiger partial charge on any atom is 0.223 e. The van der Waals surface area contributed by atoms with Crippen molar-refractivity contribution in [1.82, 2.24) is 5.32 Å². The van der Waals surface area contributed by atoms with Gasteiger partial charge in [0.15, 0.2) is 0 Å². The predicted octanol–water partition coefficient (Wildman–Crippen LogP) is 0.162. The molecule has 0 saturated carbocycles.